The third-order valence-electron chi connectivity index (χ3n) is 3.79. The molecule has 0 aliphatic heterocycles. The summed E-state index contributed by atoms with van der Waals surface area (Å²) in [5.74, 6) is -4.09. The molecular weight excluding hydrogens is 399 g/mol. The Hall–Kier alpha value is -2.92. The number of hydrogen-bond acceptors (Lipinski definition) is 6. The number of hydrogen-bond donors (Lipinski definition) is 1. The fourth-order valence-corrected chi connectivity index (χ4v) is 3.77. The number of sulfonamides is 1. The first-order valence-electron chi connectivity index (χ1n) is 7.83. The Morgan fingerprint density at radius 2 is 1.79 bits per heavy atom. The molecule has 1 heterocycles. The molecule has 2 aromatic carbocycles. The maximum atomic E-state index is 14.0. The summed E-state index contributed by atoms with van der Waals surface area (Å²) in [6, 6.07) is 5.55. The van der Waals surface area contributed by atoms with E-state index in [4.69, 9.17) is 9.26 Å². The number of ether oxygens (including phenoxy) is 1. The highest BCUT2D eigenvalue weighted by Crippen LogP contribution is 2.30. The number of nitrogens with one attached hydrogen (secondary N) is 1. The van der Waals surface area contributed by atoms with E-state index in [1.54, 1.807) is 24.3 Å². The molecule has 1 atom stereocenters. The number of nitrogens with zero attached hydrogens (tertiary/aromatic N) is 2. The highest BCUT2D eigenvalue weighted by atomic mass is 32.2. The number of methoxy groups -OCH3 is 1. The number of rotatable bonds is 6. The average molecular weight is 413 g/mol. The first kappa shape index (κ1) is 19.8. The Morgan fingerprint density at radius 3 is 2.43 bits per heavy atom. The number of benzene rings is 2. The van der Waals surface area contributed by atoms with Gasteiger partial charge in [0.05, 0.1) is 7.11 Å². The molecule has 3 aromatic rings. The smallest absolute Gasteiger partial charge is 0.244 e. The van der Waals surface area contributed by atoms with Crippen molar-refractivity contribution in [3.63, 3.8) is 0 Å². The Labute approximate surface area is 158 Å². The standard InChI is InChI=1S/C17H14F3N3O4S/c1-9-21-17(22-27-9)16(10-5-3-4-6-14(10)26-2)23-28(24,25)15-8-12(19)11(18)7-13(15)20/h3-8,16,23H,1-2H3/t16-/m1/s1. The van der Waals surface area contributed by atoms with E-state index < -0.39 is 38.4 Å². The Balaban J connectivity index is 2.11. The molecule has 28 heavy (non-hydrogen) atoms. The first-order chi connectivity index (χ1) is 13.2. The van der Waals surface area contributed by atoms with Crippen LogP contribution in [0.15, 0.2) is 45.8 Å². The summed E-state index contributed by atoms with van der Waals surface area (Å²) in [6.07, 6.45) is 0. The molecule has 0 radical (unpaired) electrons. The maximum Gasteiger partial charge on any atom is 0.244 e. The van der Waals surface area contributed by atoms with Gasteiger partial charge in [0.1, 0.15) is 22.5 Å². The SMILES string of the molecule is COc1ccccc1[C@@H](NS(=O)(=O)c1cc(F)c(F)cc1F)c1noc(C)n1. The fraction of sp³-hybridized carbons (Fsp3) is 0.176. The van der Waals surface area contributed by atoms with E-state index in [2.05, 4.69) is 14.9 Å². The molecule has 148 valence electrons. The lowest BCUT2D eigenvalue weighted by atomic mass is 10.1. The second-order valence-electron chi connectivity index (χ2n) is 5.66. The van der Waals surface area contributed by atoms with E-state index in [0.29, 0.717) is 11.3 Å². The molecule has 1 aromatic heterocycles. The zero-order valence-corrected chi connectivity index (χ0v) is 15.4. The fourth-order valence-electron chi connectivity index (χ4n) is 2.52. The minimum atomic E-state index is -4.65. The summed E-state index contributed by atoms with van der Waals surface area (Å²) in [5, 5.41) is 3.70. The van der Waals surface area contributed by atoms with Crippen molar-refractivity contribution in [1.82, 2.24) is 14.9 Å². The van der Waals surface area contributed by atoms with Gasteiger partial charge in [-0.2, -0.15) is 9.71 Å². The van der Waals surface area contributed by atoms with Crippen molar-refractivity contribution in [3.05, 3.63) is 71.1 Å². The summed E-state index contributed by atoms with van der Waals surface area (Å²) in [7, 11) is -3.27. The van der Waals surface area contributed by atoms with Gasteiger partial charge in [-0.05, 0) is 12.1 Å². The van der Waals surface area contributed by atoms with E-state index in [1.807, 2.05) is 0 Å². The van der Waals surface area contributed by atoms with E-state index in [-0.39, 0.29) is 23.8 Å². The lowest BCUT2D eigenvalue weighted by molar-refractivity contribution is 0.381. The van der Waals surface area contributed by atoms with Crippen LogP contribution >= 0.6 is 0 Å². The third-order valence-corrected chi connectivity index (χ3v) is 5.23. The zero-order valence-electron chi connectivity index (χ0n) is 14.6. The first-order valence-corrected chi connectivity index (χ1v) is 9.31. The van der Waals surface area contributed by atoms with E-state index >= 15 is 0 Å². The Kier molecular flexibility index (Phi) is 5.38. The lowest BCUT2D eigenvalue weighted by Gasteiger charge is -2.19. The van der Waals surface area contributed by atoms with Crippen molar-refractivity contribution < 1.29 is 30.8 Å². The van der Waals surface area contributed by atoms with Gasteiger partial charge in [0, 0.05) is 18.6 Å². The van der Waals surface area contributed by atoms with E-state index in [1.165, 1.54) is 14.0 Å². The lowest BCUT2D eigenvalue weighted by Crippen LogP contribution is -2.31. The molecule has 0 fully saturated rings. The Bertz CT molecular complexity index is 1120. The highest BCUT2D eigenvalue weighted by Gasteiger charge is 2.31. The van der Waals surface area contributed by atoms with E-state index in [0.717, 1.165) is 0 Å². The third kappa shape index (κ3) is 3.85. The summed E-state index contributed by atoms with van der Waals surface area (Å²) in [4.78, 5) is 2.94. The quantitative estimate of drug-likeness (QED) is 0.625. The van der Waals surface area contributed by atoms with Gasteiger partial charge in [-0.25, -0.2) is 21.6 Å². The average Bonchev–Trinajstić information content (AvgIpc) is 3.08. The normalized spacial score (nSPS) is 12.8. The van der Waals surface area contributed by atoms with Gasteiger partial charge in [-0.15, -0.1) is 0 Å². The van der Waals surface area contributed by atoms with Crippen LogP contribution in [-0.4, -0.2) is 25.7 Å². The summed E-state index contributed by atoms with van der Waals surface area (Å²) < 4.78 is 78.4. The summed E-state index contributed by atoms with van der Waals surface area (Å²) in [5.41, 5.74) is 0.303. The molecule has 0 saturated carbocycles. The van der Waals surface area contributed by atoms with Gasteiger partial charge < -0.3 is 9.26 Å². The largest absolute Gasteiger partial charge is 0.496 e. The van der Waals surface area contributed by atoms with Crippen LogP contribution in [0.2, 0.25) is 0 Å². The molecule has 0 unspecified atom stereocenters. The number of aryl methyl sites for hydroxylation is 1. The second-order valence-corrected chi connectivity index (χ2v) is 7.35. The molecule has 0 aliphatic carbocycles. The van der Waals surface area contributed by atoms with Gasteiger partial charge in [0.25, 0.3) is 0 Å². The monoisotopic (exact) mass is 413 g/mol. The molecule has 0 amide bonds. The second kappa shape index (κ2) is 7.60. The van der Waals surface area contributed by atoms with Crippen molar-refractivity contribution in [2.75, 3.05) is 7.11 Å². The van der Waals surface area contributed by atoms with E-state index in [9.17, 15) is 21.6 Å². The number of aromatic nitrogens is 2. The molecule has 0 saturated heterocycles. The maximum absolute atomic E-state index is 14.0. The Morgan fingerprint density at radius 1 is 1.11 bits per heavy atom. The van der Waals surface area contributed by atoms with Crippen LogP contribution in [0.4, 0.5) is 13.2 Å². The minimum Gasteiger partial charge on any atom is -0.496 e. The minimum absolute atomic E-state index is 0.0754. The van der Waals surface area contributed by atoms with Gasteiger partial charge >= 0.3 is 0 Å². The van der Waals surface area contributed by atoms with Crippen molar-refractivity contribution >= 4 is 10.0 Å². The molecular formula is C17H14F3N3O4S. The predicted octanol–water partition coefficient (Wildman–Crippen LogP) is 2.87. The highest BCUT2D eigenvalue weighted by molar-refractivity contribution is 7.89. The number of para-hydroxylation sites is 1. The molecule has 7 nitrogen and oxygen atoms in total. The predicted molar refractivity (Wildman–Crippen MR) is 90.5 cm³/mol. The van der Waals surface area contributed by atoms with Crippen LogP contribution in [0.5, 0.6) is 5.75 Å². The van der Waals surface area contributed by atoms with Crippen molar-refractivity contribution in [3.8, 4) is 5.75 Å². The van der Waals surface area contributed by atoms with Crippen molar-refractivity contribution in [2.45, 2.75) is 17.9 Å². The number of halogens is 3. The van der Waals surface area contributed by atoms with Gasteiger partial charge in [-0.1, -0.05) is 23.4 Å². The van der Waals surface area contributed by atoms with Gasteiger partial charge in [0.2, 0.25) is 15.9 Å². The molecule has 0 spiro atoms. The molecule has 3 rings (SSSR count). The van der Waals surface area contributed by atoms with Crippen molar-refractivity contribution in [1.29, 1.82) is 0 Å². The molecule has 0 bridgehead atoms. The summed E-state index contributed by atoms with van der Waals surface area (Å²) in [6.45, 7) is 1.50. The van der Waals surface area contributed by atoms with Crippen LogP contribution in [0.1, 0.15) is 23.3 Å². The zero-order chi connectivity index (χ0) is 20.5. The topological polar surface area (TPSA) is 94.3 Å². The molecule has 11 heteroatoms. The summed E-state index contributed by atoms with van der Waals surface area (Å²) >= 11 is 0. The van der Waals surface area contributed by atoms with Crippen LogP contribution < -0.4 is 9.46 Å². The molecule has 0 aliphatic rings. The van der Waals surface area contributed by atoms with Gasteiger partial charge in [0.15, 0.2) is 17.5 Å². The van der Waals surface area contributed by atoms with Crippen molar-refractivity contribution in [2.24, 2.45) is 0 Å². The van der Waals surface area contributed by atoms with Crippen LogP contribution in [0.25, 0.3) is 0 Å². The molecule has 1 N–H and O–H groups in total. The van der Waals surface area contributed by atoms with Crippen LogP contribution in [-0.2, 0) is 10.0 Å². The van der Waals surface area contributed by atoms with Crippen LogP contribution in [0.3, 0.4) is 0 Å². The van der Waals surface area contributed by atoms with Crippen LogP contribution in [0, 0.1) is 24.4 Å². The van der Waals surface area contributed by atoms with Gasteiger partial charge in [-0.3, -0.25) is 0 Å².